The molecule has 0 radical (unpaired) electrons. The highest BCUT2D eigenvalue weighted by molar-refractivity contribution is 6.16. The summed E-state index contributed by atoms with van der Waals surface area (Å²) in [5.74, 6) is 0.197. The first-order valence-electron chi connectivity index (χ1n) is 10.5. The zero-order valence-electron chi connectivity index (χ0n) is 18.5. The Balaban J connectivity index is 1.87. The van der Waals surface area contributed by atoms with Crippen LogP contribution in [0, 0.1) is 6.92 Å². The second-order valence-electron chi connectivity index (χ2n) is 7.39. The second kappa shape index (κ2) is 10.1. The van der Waals surface area contributed by atoms with Gasteiger partial charge in [0.1, 0.15) is 17.9 Å². The molecule has 0 saturated carbocycles. The molecule has 0 saturated heterocycles. The molecule has 0 N–H and O–H groups in total. The van der Waals surface area contributed by atoms with E-state index in [0.29, 0.717) is 16.9 Å². The number of carbonyl (C=O) groups excluding carboxylic acids is 1. The Morgan fingerprint density at radius 1 is 1.16 bits per heavy atom. The minimum Gasteiger partial charge on any atom is -0.489 e. The molecule has 0 aliphatic heterocycles. The summed E-state index contributed by atoms with van der Waals surface area (Å²) in [6, 6.07) is 13.1. The van der Waals surface area contributed by atoms with Crippen LogP contribution >= 0.6 is 0 Å². The summed E-state index contributed by atoms with van der Waals surface area (Å²) >= 11 is 0. The molecule has 1 heterocycles. The maximum absolute atomic E-state index is 12.4. The van der Waals surface area contributed by atoms with Gasteiger partial charge in [-0.15, -0.1) is 0 Å². The number of carbonyl (C=O) groups is 1. The number of benzene rings is 2. The number of esters is 1. The predicted molar refractivity (Wildman–Crippen MR) is 122 cm³/mol. The van der Waals surface area contributed by atoms with Gasteiger partial charge in [-0.2, -0.15) is 0 Å². The highest BCUT2D eigenvalue weighted by Crippen LogP contribution is 2.27. The lowest BCUT2D eigenvalue weighted by molar-refractivity contribution is -0.133. The van der Waals surface area contributed by atoms with Gasteiger partial charge in [-0.1, -0.05) is 43.7 Å². The highest BCUT2D eigenvalue weighted by Gasteiger charge is 2.16. The molecule has 5 heteroatoms. The molecule has 31 heavy (non-hydrogen) atoms. The van der Waals surface area contributed by atoms with Crippen LogP contribution < -0.4 is 10.4 Å². The maximum atomic E-state index is 12.4. The van der Waals surface area contributed by atoms with Gasteiger partial charge in [0.15, 0.2) is 0 Å². The summed E-state index contributed by atoms with van der Waals surface area (Å²) < 4.78 is 16.5. The Labute approximate surface area is 182 Å². The normalized spacial score (nSPS) is 11.5. The first kappa shape index (κ1) is 22.3. The molecule has 162 valence electrons. The van der Waals surface area contributed by atoms with Crippen LogP contribution in [0.3, 0.4) is 0 Å². The Kier molecular flexibility index (Phi) is 7.29. The molecule has 1 aromatic heterocycles. The quantitative estimate of drug-likeness (QED) is 0.270. The van der Waals surface area contributed by atoms with E-state index < -0.39 is 5.97 Å². The molecule has 0 amide bonds. The van der Waals surface area contributed by atoms with Gasteiger partial charge in [0.2, 0.25) is 0 Å². The summed E-state index contributed by atoms with van der Waals surface area (Å²) in [5, 5.41) is 0.917. The third-order valence-corrected chi connectivity index (χ3v) is 5.43. The van der Waals surface area contributed by atoms with Crippen LogP contribution in [0.15, 0.2) is 57.8 Å². The van der Waals surface area contributed by atoms with Crippen molar-refractivity contribution in [1.82, 2.24) is 0 Å². The molecule has 2 aromatic carbocycles. The third-order valence-electron chi connectivity index (χ3n) is 5.43. The molecule has 0 aliphatic carbocycles. The van der Waals surface area contributed by atoms with Gasteiger partial charge in [0.25, 0.3) is 0 Å². The van der Waals surface area contributed by atoms with Crippen LogP contribution in [0.1, 0.15) is 48.9 Å². The van der Waals surface area contributed by atoms with Gasteiger partial charge < -0.3 is 13.9 Å². The number of fused-ring (bicyclic) bond motifs is 1. The summed E-state index contributed by atoms with van der Waals surface area (Å²) in [6.45, 7) is 6.12. The van der Waals surface area contributed by atoms with Crippen LogP contribution in [-0.4, -0.2) is 13.1 Å². The fraction of sp³-hybridized carbons (Fsp3) is 0.308. The molecule has 0 atom stereocenters. The van der Waals surface area contributed by atoms with E-state index >= 15 is 0 Å². The summed E-state index contributed by atoms with van der Waals surface area (Å²) in [6.07, 6.45) is 4.44. The molecule has 3 aromatic rings. The molecule has 0 spiro atoms. The van der Waals surface area contributed by atoms with Gasteiger partial charge in [0, 0.05) is 17.0 Å². The summed E-state index contributed by atoms with van der Waals surface area (Å²) in [5.41, 5.74) is 4.05. The Morgan fingerprint density at radius 3 is 2.65 bits per heavy atom. The molecule has 0 aliphatic rings. The first-order chi connectivity index (χ1) is 15.0. The molecule has 0 unspecified atom stereocenters. The molecule has 0 bridgehead atoms. The number of aryl methyl sites for hydroxylation is 1. The van der Waals surface area contributed by atoms with Crippen LogP contribution in [0.4, 0.5) is 0 Å². The number of methoxy groups -OCH3 is 1. The Bertz CT molecular complexity index is 1170. The average molecular weight is 421 g/mol. The highest BCUT2D eigenvalue weighted by atomic mass is 16.5. The average Bonchev–Trinajstić information content (AvgIpc) is 2.78. The van der Waals surface area contributed by atoms with E-state index in [4.69, 9.17) is 13.9 Å². The molecular weight excluding hydrogens is 392 g/mol. The lowest BCUT2D eigenvalue weighted by atomic mass is 10.00. The number of hydrogen-bond acceptors (Lipinski definition) is 5. The van der Waals surface area contributed by atoms with Gasteiger partial charge >= 0.3 is 11.6 Å². The monoisotopic (exact) mass is 420 g/mol. The zero-order chi connectivity index (χ0) is 22.4. The molecule has 0 fully saturated rings. The molecule has 3 rings (SSSR count). The number of rotatable bonds is 8. The van der Waals surface area contributed by atoms with E-state index in [9.17, 15) is 9.59 Å². The number of ether oxygens (including phenoxy) is 2. The van der Waals surface area contributed by atoms with Gasteiger partial charge in [0.05, 0.1) is 12.7 Å². The number of allylic oxidation sites excluding steroid dienone is 1. The van der Waals surface area contributed by atoms with Crippen molar-refractivity contribution in [3.05, 3.63) is 81.2 Å². The lowest BCUT2D eigenvalue weighted by Gasteiger charge is -2.13. The van der Waals surface area contributed by atoms with Crippen molar-refractivity contribution in [2.45, 2.75) is 46.6 Å². The van der Waals surface area contributed by atoms with E-state index in [1.165, 1.54) is 7.11 Å². The minimum atomic E-state index is -0.392. The molecule has 5 nitrogen and oxygen atoms in total. The maximum Gasteiger partial charge on any atom is 0.339 e. The van der Waals surface area contributed by atoms with Gasteiger partial charge in [-0.05, 0) is 55.5 Å². The largest absolute Gasteiger partial charge is 0.489 e. The van der Waals surface area contributed by atoms with Crippen molar-refractivity contribution in [3.63, 3.8) is 0 Å². The van der Waals surface area contributed by atoms with E-state index in [0.717, 1.165) is 46.9 Å². The van der Waals surface area contributed by atoms with Crippen LogP contribution in [-0.2, 0) is 22.6 Å². The standard InChI is InChI=1S/C26H28O5/c1-5-7-11-22-17(3)21-14-13-19(15-24(21)31-26(22)28)30-16-18-10-8-9-12-23(18)20(6-2)25(27)29-4/h6,8-10,12-15H,5,7,11,16H2,1-4H3. The van der Waals surface area contributed by atoms with Crippen LogP contribution in [0.5, 0.6) is 5.75 Å². The smallest absolute Gasteiger partial charge is 0.339 e. The third kappa shape index (κ3) is 4.88. The van der Waals surface area contributed by atoms with Crippen molar-refractivity contribution in [1.29, 1.82) is 0 Å². The van der Waals surface area contributed by atoms with E-state index in [1.54, 1.807) is 19.1 Å². The SMILES string of the molecule is CC=C(C(=O)OC)c1ccccc1COc1ccc2c(C)c(CCCC)c(=O)oc2c1. The van der Waals surface area contributed by atoms with Crippen molar-refractivity contribution < 1.29 is 18.7 Å². The Hall–Kier alpha value is -3.34. The Morgan fingerprint density at radius 2 is 1.94 bits per heavy atom. The van der Waals surface area contributed by atoms with Crippen LogP contribution in [0.2, 0.25) is 0 Å². The first-order valence-corrected chi connectivity index (χ1v) is 10.5. The van der Waals surface area contributed by atoms with Crippen molar-refractivity contribution >= 4 is 22.5 Å². The fourth-order valence-corrected chi connectivity index (χ4v) is 3.67. The van der Waals surface area contributed by atoms with E-state index in [2.05, 4.69) is 6.92 Å². The summed E-state index contributed by atoms with van der Waals surface area (Å²) in [4.78, 5) is 24.5. The van der Waals surface area contributed by atoms with Crippen molar-refractivity contribution in [2.75, 3.05) is 7.11 Å². The minimum absolute atomic E-state index is 0.258. The molecular formula is C26H28O5. The summed E-state index contributed by atoms with van der Waals surface area (Å²) in [7, 11) is 1.36. The number of hydrogen-bond donors (Lipinski definition) is 0. The number of unbranched alkanes of at least 4 members (excludes halogenated alkanes) is 1. The van der Waals surface area contributed by atoms with Crippen molar-refractivity contribution in [3.8, 4) is 5.75 Å². The van der Waals surface area contributed by atoms with Gasteiger partial charge in [-0.3, -0.25) is 0 Å². The van der Waals surface area contributed by atoms with Crippen LogP contribution in [0.25, 0.3) is 16.5 Å². The van der Waals surface area contributed by atoms with E-state index in [1.807, 2.05) is 43.3 Å². The zero-order valence-corrected chi connectivity index (χ0v) is 18.5. The lowest BCUT2D eigenvalue weighted by Crippen LogP contribution is -2.10. The van der Waals surface area contributed by atoms with Gasteiger partial charge in [-0.25, -0.2) is 9.59 Å². The fourth-order valence-electron chi connectivity index (χ4n) is 3.67. The van der Waals surface area contributed by atoms with Crippen molar-refractivity contribution in [2.24, 2.45) is 0 Å². The topological polar surface area (TPSA) is 65.7 Å². The predicted octanol–water partition coefficient (Wildman–Crippen LogP) is 5.60. The second-order valence-corrected chi connectivity index (χ2v) is 7.39. The van der Waals surface area contributed by atoms with E-state index in [-0.39, 0.29) is 12.2 Å².